The third-order valence-electron chi connectivity index (χ3n) is 4.98. The summed E-state index contributed by atoms with van der Waals surface area (Å²) in [6.45, 7) is 0. The van der Waals surface area contributed by atoms with Gasteiger partial charge in [-0.1, -0.05) is 17.3 Å². The number of amides is 1. The Bertz CT molecular complexity index is 1410. The molecule has 8 nitrogen and oxygen atoms in total. The molecule has 5 aromatic rings. The number of fused-ring (bicyclic) bond motifs is 1. The molecule has 0 aliphatic rings. The third-order valence-corrected chi connectivity index (χ3v) is 4.98. The van der Waals surface area contributed by atoms with Crippen LogP contribution in [0.5, 0.6) is 0 Å². The van der Waals surface area contributed by atoms with E-state index >= 15 is 0 Å². The standard InChI is InChI=1S/C23H16FN5O3/c1-31-23(30)27-20-8-4-15(10-25-20)19-11-26-21-9-5-16(12-29(19)21)22-18(13-32-28-22)14-2-6-17(24)7-3-14/h2-13H,1H3,(H,25,27,30). The monoisotopic (exact) mass is 429 g/mol. The fourth-order valence-corrected chi connectivity index (χ4v) is 3.39. The number of nitrogens with zero attached hydrogens (tertiary/aromatic N) is 4. The van der Waals surface area contributed by atoms with E-state index in [1.807, 2.05) is 28.8 Å². The van der Waals surface area contributed by atoms with Gasteiger partial charge < -0.3 is 9.26 Å². The van der Waals surface area contributed by atoms with E-state index in [1.54, 1.807) is 36.9 Å². The molecule has 0 radical (unpaired) electrons. The van der Waals surface area contributed by atoms with Crippen molar-refractivity contribution in [3.63, 3.8) is 0 Å². The number of pyridine rings is 2. The number of aromatic nitrogens is 4. The summed E-state index contributed by atoms with van der Waals surface area (Å²) in [6.07, 6.45) is 6.24. The number of methoxy groups -OCH3 is 1. The van der Waals surface area contributed by atoms with Crippen LogP contribution >= 0.6 is 0 Å². The molecular formula is C23H16FN5O3. The summed E-state index contributed by atoms with van der Waals surface area (Å²) in [5.41, 5.74) is 5.36. The number of carbonyl (C=O) groups is 1. The van der Waals surface area contributed by atoms with E-state index in [9.17, 15) is 9.18 Å². The van der Waals surface area contributed by atoms with E-state index < -0.39 is 6.09 Å². The van der Waals surface area contributed by atoms with E-state index in [1.165, 1.54) is 19.2 Å². The van der Waals surface area contributed by atoms with Gasteiger partial charge in [0.2, 0.25) is 0 Å². The smallest absolute Gasteiger partial charge is 0.412 e. The minimum atomic E-state index is -0.589. The van der Waals surface area contributed by atoms with Crippen molar-refractivity contribution in [2.75, 3.05) is 12.4 Å². The van der Waals surface area contributed by atoms with E-state index in [-0.39, 0.29) is 5.82 Å². The zero-order valence-electron chi connectivity index (χ0n) is 16.8. The molecule has 32 heavy (non-hydrogen) atoms. The third kappa shape index (κ3) is 3.56. The molecule has 0 saturated carbocycles. The van der Waals surface area contributed by atoms with Crippen LogP contribution in [-0.4, -0.2) is 32.7 Å². The molecule has 1 N–H and O–H groups in total. The van der Waals surface area contributed by atoms with Gasteiger partial charge in [0.1, 0.15) is 29.2 Å². The van der Waals surface area contributed by atoms with Crippen molar-refractivity contribution in [1.29, 1.82) is 0 Å². The van der Waals surface area contributed by atoms with Gasteiger partial charge in [-0.3, -0.25) is 9.72 Å². The number of nitrogens with one attached hydrogen (secondary N) is 1. The Morgan fingerprint density at radius 3 is 2.53 bits per heavy atom. The van der Waals surface area contributed by atoms with Gasteiger partial charge >= 0.3 is 6.09 Å². The second-order valence-electron chi connectivity index (χ2n) is 6.92. The molecule has 0 spiro atoms. The number of hydrogen-bond donors (Lipinski definition) is 1. The van der Waals surface area contributed by atoms with Crippen LogP contribution in [0.25, 0.3) is 39.3 Å². The topological polar surface area (TPSA) is 94.5 Å². The minimum absolute atomic E-state index is 0.308. The molecule has 9 heteroatoms. The van der Waals surface area contributed by atoms with Gasteiger partial charge in [0, 0.05) is 29.1 Å². The van der Waals surface area contributed by atoms with E-state index in [0.717, 1.165) is 33.6 Å². The maximum Gasteiger partial charge on any atom is 0.412 e. The fraction of sp³-hybridized carbons (Fsp3) is 0.0435. The summed E-state index contributed by atoms with van der Waals surface area (Å²) in [6, 6.07) is 13.4. The lowest BCUT2D eigenvalue weighted by atomic mass is 10.0. The number of hydrogen-bond acceptors (Lipinski definition) is 6. The Balaban J connectivity index is 1.52. The van der Waals surface area contributed by atoms with E-state index in [0.29, 0.717) is 11.5 Å². The summed E-state index contributed by atoms with van der Waals surface area (Å²) in [5, 5.41) is 6.68. The Kier molecular flexibility index (Phi) is 4.83. The number of halogens is 1. The van der Waals surface area contributed by atoms with Crippen LogP contribution in [0.3, 0.4) is 0 Å². The Labute approximate surface area is 181 Å². The second-order valence-corrected chi connectivity index (χ2v) is 6.92. The van der Waals surface area contributed by atoms with Crippen molar-refractivity contribution in [2.45, 2.75) is 0 Å². The molecule has 4 aromatic heterocycles. The molecule has 4 heterocycles. The van der Waals surface area contributed by atoms with Crippen LogP contribution in [0.1, 0.15) is 0 Å². The highest BCUT2D eigenvalue weighted by atomic mass is 19.1. The lowest BCUT2D eigenvalue weighted by Gasteiger charge is -2.07. The van der Waals surface area contributed by atoms with Crippen molar-refractivity contribution in [2.24, 2.45) is 0 Å². The summed E-state index contributed by atoms with van der Waals surface area (Å²) >= 11 is 0. The molecule has 0 unspecified atom stereocenters. The first-order chi connectivity index (χ1) is 15.6. The maximum absolute atomic E-state index is 13.3. The fourth-order valence-electron chi connectivity index (χ4n) is 3.39. The van der Waals surface area contributed by atoms with Crippen molar-refractivity contribution < 1.29 is 18.4 Å². The number of imidazole rings is 1. The average molecular weight is 429 g/mol. The van der Waals surface area contributed by atoms with Gasteiger partial charge in [0.25, 0.3) is 0 Å². The van der Waals surface area contributed by atoms with Crippen LogP contribution in [0.15, 0.2) is 77.9 Å². The zero-order chi connectivity index (χ0) is 22.1. The predicted molar refractivity (Wildman–Crippen MR) is 115 cm³/mol. The van der Waals surface area contributed by atoms with Gasteiger partial charge in [-0.05, 0) is 42.0 Å². The summed E-state index contributed by atoms with van der Waals surface area (Å²) in [4.78, 5) is 20.0. The maximum atomic E-state index is 13.3. The molecule has 5 rings (SSSR count). The Morgan fingerprint density at radius 2 is 1.78 bits per heavy atom. The molecule has 0 aliphatic heterocycles. The molecule has 0 bridgehead atoms. The van der Waals surface area contributed by atoms with Crippen molar-refractivity contribution in [3.05, 3.63) is 79.2 Å². The summed E-state index contributed by atoms with van der Waals surface area (Å²) in [5.74, 6) is 0.0688. The molecule has 1 amide bonds. The number of anilines is 1. The second kappa shape index (κ2) is 7.95. The van der Waals surface area contributed by atoms with Crippen LogP contribution < -0.4 is 5.32 Å². The van der Waals surface area contributed by atoms with Crippen LogP contribution in [0, 0.1) is 5.82 Å². The van der Waals surface area contributed by atoms with Gasteiger partial charge in [0.05, 0.1) is 19.0 Å². The zero-order valence-corrected chi connectivity index (χ0v) is 16.8. The number of rotatable bonds is 4. The highest BCUT2D eigenvalue weighted by Gasteiger charge is 2.15. The molecule has 0 aliphatic carbocycles. The quantitative estimate of drug-likeness (QED) is 0.430. The van der Waals surface area contributed by atoms with Crippen LogP contribution in [-0.2, 0) is 4.74 Å². The van der Waals surface area contributed by atoms with Gasteiger partial charge in [-0.15, -0.1) is 0 Å². The van der Waals surface area contributed by atoms with Crippen molar-refractivity contribution >= 4 is 17.6 Å². The lowest BCUT2D eigenvalue weighted by molar-refractivity contribution is 0.187. The normalized spacial score (nSPS) is 10.9. The van der Waals surface area contributed by atoms with Crippen LogP contribution in [0.2, 0.25) is 0 Å². The highest BCUT2D eigenvalue weighted by Crippen LogP contribution is 2.32. The van der Waals surface area contributed by atoms with Crippen molar-refractivity contribution in [1.82, 2.24) is 19.5 Å². The van der Waals surface area contributed by atoms with Crippen molar-refractivity contribution in [3.8, 4) is 33.6 Å². The first kappa shape index (κ1) is 19.4. The largest absolute Gasteiger partial charge is 0.453 e. The number of ether oxygens (including phenoxy) is 1. The minimum Gasteiger partial charge on any atom is -0.453 e. The number of benzene rings is 1. The Hall–Kier alpha value is -4.53. The highest BCUT2D eigenvalue weighted by molar-refractivity contribution is 5.83. The first-order valence-corrected chi connectivity index (χ1v) is 9.61. The van der Waals surface area contributed by atoms with E-state index in [4.69, 9.17) is 4.52 Å². The predicted octanol–water partition coefficient (Wildman–Crippen LogP) is 5.04. The molecule has 0 atom stereocenters. The SMILES string of the molecule is COC(=O)Nc1ccc(-c2cnc3ccc(-c4nocc4-c4ccc(F)cc4)cn23)cn1. The molecule has 158 valence electrons. The van der Waals surface area contributed by atoms with Crippen LogP contribution in [0.4, 0.5) is 15.0 Å². The molecule has 0 saturated heterocycles. The number of carbonyl (C=O) groups excluding carboxylic acids is 1. The molecule has 1 aromatic carbocycles. The molecular weight excluding hydrogens is 413 g/mol. The van der Waals surface area contributed by atoms with Gasteiger partial charge in [-0.2, -0.15) is 0 Å². The molecule has 0 fully saturated rings. The van der Waals surface area contributed by atoms with Gasteiger partial charge in [-0.25, -0.2) is 19.2 Å². The first-order valence-electron chi connectivity index (χ1n) is 9.61. The summed E-state index contributed by atoms with van der Waals surface area (Å²) < 4.78 is 25.0. The van der Waals surface area contributed by atoms with E-state index in [2.05, 4.69) is 25.2 Å². The van der Waals surface area contributed by atoms with Gasteiger partial charge in [0.15, 0.2) is 0 Å². The lowest BCUT2D eigenvalue weighted by Crippen LogP contribution is -2.11. The summed E-state index contributed by atoms with van der Waals surface area (Å²) in [7, 11) is 1.29. The average Bonchev–Trinajstić information content (AvgIpc) is 3.47. The Morgan fingerprint density at radius 1 is 1.00 bits per heavy atom.